The zero-order valence-corrected chi connectivity index (χ0v) is 24.3. The highest BCUT2D eigenvalue weighted by atomic mass is 19.1. The Bertz CT molecular complexity index is 1490. The number of carbonyl (C=O) groups is 3. The summed E-state index contributed by atoms with van der Waals surface area (Å²) in [7, 11) is 7.65. The van der Waals surface area contributed by atoms with E-state index in [-0.39, 0.29) is 24.8 Å². The summed E-state index contributed by atoms with van der Waals surface area (Å²) < 4.78 is 13.9. The van der Waals surface area contributed by atoms with Gasteiger partial charge in [-0.25, -0.2) is 4.39 Å². The van der Waals surface area contributed by atoms with Crippen molar-refractivity contribution in [3.63, 3.8) is 0 Å². The van der Waals surface area contributed by atoms with Crippen LogP contribution in [0.4, 0.5) is 21.5 Å². The first-order chi connectivity index (χ1) is 20.0. The van der Waals surface area contributed by atoms with Crippen molar-refractivity contribution in [1.29, 1.82) is 0 Å². The van der Waals surface area contributed by atoms with Crippen molar-refractivity contribution in [2.75, 3.05) is 63.4 Å². The molecule has 3 aromatic carbocycles. The Morgan fingerprint density at radius 3 is 2.26 bits per heavy atom. The maximum atomic E-state index is 13.9. The van der Waals surface area contributed by atoms with Crippen molar-refractivity contribution in [2.24, 2.45) is 0 Å². The molecule has 0 atom stereocenters. The van der Waals surface area contributed by atoms with Gasteiger partial charge in [0.2, 0.25) is 5.91 Å². The van der Waals surface area contributed by atoms with Gasteiger partial charge in [-0.05, 0) is 81.2 Å². The number of carbonyl (C=O) groups excluding carboxylic acids is 2. The van der Waals surface area contributed by atoms with Gasteiger partial charge in [0.05, 0.1) is 23.5 Å². The molecule has 3 aromatic rings. The number of benzene rings is 3. The van der Waals surface area contributed by atoms with Crippen LogP contribution in [0.1, 0.15) is 23.1 Å². The molecule has 2 amide bonds. The number of fused-ring (bicyclic) bond motifs is 1. The molecule has 1 aliphatic rings. The zero-order valence-electron chi connectivity index (χ0n) is 24.3. The van der Waals surface area contributed by atoms with Crippen LogP contribution in [-0.2, 0) is 20.8 Å². The van der Waals surface area contributed by atoms with Crippen molar-refractivity contribution in [2.45, 2.75) is 12.8 Å². The molecule has 0 spiro atoms. The van der Waals surface area contributed by atoms with Gasteiger partial charge in [0.25, 0.3) is 5.91 Å². The minimum absolute atomic E-state index is 0.0164. The molecular formula is C32H36FN5O4. The summed E-state index contributed by atoms with van der Waals surface area (Å²) in [4.78, 5) is 42.6. The topological polar surface area (TPSA) is 105 Å². The summed E-state index contributed by atoms with van der Waals surface area (Å²) in [5, 5.41) is 15.1. The Morgan fingerprint density at radius 1 is 0.929 bits per heavy atom. The van der Waals surface area contributed by atoms with Crippen LogP contribution in [0.15, 0.2) is 66.7 Å². The van der Waals surface area contributed by atoms with Crippen LogP contribution in [0, 0.1) is 5.82 Å². The molecule has 0 bridgehead atoms. The van der Waals surface area contributed by atoms with Crippen LogP contribution in [0.25, 0.3) is 11.3 Å². The third-order valence-corrected chi connectivity index (χ3v) is 7.08. The summed E-state index contributed by atoms with van der Waals surface area (Å²) >= 11 is 0. The van der Waals surface area contributed by atoms with E-state index in [9.17, 15) is 18.8 Å². The number of carboxylic acid groups (broad SMARTS) is 1. The fraction of sp³-hybridized carbons (Fsp3) is 0.281. The Labute approximate surface area is 245 Å². The first-order valence-corrected chi connectivity index (χ1v) is 13.7. The van der Waals surface area contributed by atoms with Gasteiger partial charge in [-0.1, -0.05) is 24.3 Å². The van der Waals surface area contributed by atoms with Crippen LogP contribution in [0.3, 0.4) is 0 Å². The number of nitrogens with one attached hydrogen (secondary N) is 2. The molecule has 3 N–H and O–H groups in total. The van der Waals surface area contributed by atoms with E-state index in [0.29, 0.717) is 40.2 Å². The molecule has 0 radical (unpaired) electrons. The molecule has 0 aromatic heterocycles. The first kappa shape index (κ1) is 30.4. The quantitative estimate of drug-likeness (QED) is 0.279. The number of anilines is 3. The van der Waals surface area contributed by atoms with E-state index in [1.165, 1.54) is 12.1 Å². The highest BCUT2D eigenvalue weighted by Gasteiger charge is 2.29. The number of rotatable bonds is 12. The van der Waals surface area contributed by atoms with Gasteiger partial charge in [-0.15, -0.1) is 0 Å². The van der Waals surface area contributed by atoms with E-state index < -0.39 is 11.8 Å². The molecule has 0 saturated carbocycles. The van der Waals surface area contributed by atoms with E-state index in [1.807, 2.05) is 74.6 Å². The number of hydrogen-bond acceptors (Lipinski definition) is 6. The number of halogens is 1. The minimum atomic E-state index is -0.873. The molecule has 1 heterocycles. The first-order valence-electron chi connectivity index (χ1n) is 13.7. The molecule has 10 heteroatoms. The van der Waals surface area contributed by atoms with Gasteiger partial charge in [-0.2, -0.15) is 0 Å². The van der Waals surface area contributed by atoms with E-state index in [1.54, 1.807) is 18.0 Å². The lowest BCUT2D eigenvalue weighted by molar-refractivity contribution is -0.137. The normalized spacial score (nSPS) is 13.6. The fourth-order valence-corrected chi connectivity index (χ4v) is 4.61. The maximum Gasteiger partial charge on any atom is 0.303 e. The van der Waals surface area contributed by atoms with Gasteiger partial charge in [-0.3, -0.25) is 19.3 Å². The van der Waals surface area contributed by atoms with Crippen molar-refractivity contribution >= 4 is 46.1 Å². The van der Waals surface area contributed by atoms with Gasteiger partial charge < -0.3 is 25.5 Å². The summed E-state index contributed by atoms with van der Waals surface area (Å²) in [6.07, 6.45) is 0.402. The van der Waals surface area contributed by atoms with Crippen LogP contribution < -0.4 is 15.5 Å². The summed E-state index contributed by atoms with van der Waals surface area (Å²) in [5.41, 5.74) is 4.80. The molecule has 0 saturated heterocycles. The number of carboxylic acids is 1. The third-order valence-electron chi connectivity index (χ3n) is 7.08. The number of nitrogens with zero attached hydrogens (tertiary/aromatic N) is 3. The fourth-order valence-electron chi connectivity index (χ4n) is 4.61. The lowest BCUT2D eigenvalue weighted by Crippen LogP contribution is -2.39. The third kappa shape index (κ3) is 7.59. The Hall–Kier alpha value is -4.54. The highest BCUT2D eigenvalue weighted by molar-refractivity contribution is 6.37. The standard InChI is InChI=1S/C32H36FN5O4/c1-36(2)17-18-37(3)20-28(39)38(4)25-13-11-24(12-14-25)34-31(22-8-5-21(6-9-22)7-16-29(40)41)30-26-15-10-23(33)19-27(26)35-32(30)42/h5-6,8-15,19,34H,7,16-18,20H2,1-4H3,(H,35,42)(H,40,41). The Balaban J connectivity index is 1.60. The second kappa shape index (κ2) is 13.4. The number of likely N-dealkylation sites (N-methyl/N-ethyl adjacent to an activating group) is 3. The average molecular weight is 574 g/mol. The van der Waals surface area contributed by atoms with Gasteiger partial charge in [0, 0.05) is 43.5 Å². The highest BCUT2D eigenvalue weighted by Crippen LogP contribution is 2.38. The molecule has 1 aliphatic heterocycles. The van der Waals surface area contributed by atoms with E-state index >= 15 is 0 Å². The smallest absolute Gasteiger partial charge is 0.303 e. The lowest BCUT2D eigenvalue weighted by Gasteiger charge is -2.23. The van der Waals surface area contributed by atoms with Crippen molar-refractivity contribution in [1.82, 2.24) is 9.80 Å². The molecule has 4 rings (SSSR count). The molecule has 42 heavy (non-hydrogen) atoms. The molecule has 0 unspecified atom stereocenters. The zero-order chi connectivity index (χ0) is 30.4. The van der Waals surface area contributed by atoms with Crippen LogP contribution in [0.2, 0.25) is 0 Å². The SMILES string of the molecule is CN(C)CCN(C)CC(=O)N(C)c1ccc(NC(=C2C(=O)Nc3cc(F)ccc32)c2ccc(CCC(=O)O)cc2)cc1. The maximum absolute atomic E-state index is 13.9. The second-order valence-corrected chi connectivity index (χ2v) is 10.7. The predicted octanol–water partition coefficient (Wildman–Crippen LogP) is 4.23. The Morgan fingerprint density at radius 2 is 1.62 bits per heavy atom. The van der Waals surface area contributed by atoms with Crippen molar-refractivity contribution in [3.05, 3.63) is 89.2 Å². The molecule has 220 valence electrons. The molecule has 0 aliphatic carbocycles. The molecule has 0 fully saturated rings. The van der Waals surface area contributed by atoms with E-state index in [4.69, 9.17) is 5.11 Å². The average Bonchev–Trinajstić information content (AvgIpc) is 3.28. The largest absolute Gasteiger partial charge is 0.481 e. The number of aryl methyl sites for hydroxylation is 1. The van der Waals surface area contributed by atoms with Gasteiger partial charge in [0.15, 0.2) is 0 Å². The number of amides is 2. The number of hydrogen-bond donors (Lipinski definition) is 3. The Kier molecular flexibility index (Phi) is 9.72. The summed E-state index contributed by atoms with van der Waals surface area (Å²) in [5.74, 6) is -1.73. The van der Waals surface area contributed by atoms with Gasteiger partial charge >= 0.3 is 5.97 Å². The second-order valence-electron chi connectivity index (χ2n) is 10.7. The van der Waals surface area contributed by atoms with Crippen LogP contribution >= 0.6 is 0 Å². The minimum Gasteiger partial charge on any atom is -0.481 e. The predicted molar refractivity (Wildman–Crippen MR) is 164 cm³/mol. The van der Waals surface area contributed by atoms with Crippen molar-refractivity contribution < 1.29 is 23.9 Å². The van der Waals surface area contributed by atoms with Crippen LogP contribution in [-0.4, -0.2) is 80.5 Å². The molecular weight excluding hydrogens is 537 g/mol. The molecule has 9 nitrogen and oxygen atoms in total. The van der Waals surface area contributed by atoms with E-state index in [0.717, 1.165) is 24.3 Å². The monoisotopic (exact) mass is 573 g/mol. The van der Waals surface area contributed by atoms with Crippen LogP contribution in [0.5, 0.6) is 0 Å². The van der Waals surface area contributed by atoms with Crippen molar-refractivity contribution in [3.8, 4) is 0 Å². The summed E-state index contributed by atoms with van der Waals surface area (Å²) in [6.45, 7) is 1.92. The van der Waals surface area contributed by atoms with E-state index in [2.05, 4.69) is 15.5 Å². The van der Waals surface area contributed by atoms with Gasteiger partial charge in [0.1, 0.15) is 5.82 Å². The number of aliphatic carboxylic acids is 1. The lowest BCUT2D eigenvalue weighted by atomic mass is 9.98. The summed E-state index contributed by atoms with van der Waals surface area (Å²) in [6, 6.07) is 18.8.